The van der Waals surface area contributed by atoms with Gasteiger partial charge in [-0.15, -0.1) is 0 Å². The fourth-order valence-electron chi connectivity index (χ4n) is 10.6. The number of aryl methyl sites for hydroxylation is 7. The van der Waals surface area contributed by atoms with Crippen LogP contribution in [-0.4, -0.2) is 101 Å². The Kier molecular flexibility index (Phi) is 20.4. The molecule has 2 aliphatic heterocycles. The van der Waals surface area contributed by atoms with Crippen molar-refractivity contribution in [2.75, 3.05) is 46.2 Å². The zero-order valence-electron chi connectivity index (χ0n) is 47.7. The number of hydrogen-bond acceptors (Lipinski definition) is 15. The summed E-state index contributed by atoms with van der Waals surface area (Å²) in [6.45, 7) is 6.70. The Balaban J connectivity index is 0.000000154. The summed E-state index contributed by atoms with van der Waals surface area (Å²) in [5.41, 5.74) is 11.4. The fourth-order valence-corrected chi connectivity index (χ4v) is 11.5. The lowest BCUT2D eigenvalue weighted by Gasteiger charge is -2.21. The van der Waals surface area contributed by atoms with E-state index in [1.54, 1.807) is 49.0 Å². The molecule has 0 saturated heterocycles. The summed E-state index contributed by atoms with van der Waals surface area (Å²) in [4.78, 5) is 45.0. The molecule has 2 N–H and O–H groups in total. The second-order valence-electron chi connectivity index (χ2n) is 21.2. The molecule has 20 heteroatoms. The largest absolute Gasteiger partial charge is 0.486 e. The topological polar surface area (TPSA) is 235 Å². The van der Waals surface area contributed by atoms with Crippen molar-refractivity contribution in [1.82, 2.24) is 29.5 Å². The SMILES string of the molecule is CCOC(=O)CC(Cc1cc(=O)n(C)[nH]1)c1ccc2c(c1)OCCO2.Cc1ccc(S(=O)(=O)OCCc2ccc3c(n2)CCCC3)cc1.Cn1nc(CC(CC(=O)O)c2ccc3c(c2)OCCO3)cc1OCCc1ccc2c(n1)CCCC2. The van der Waals surface area contributed by atoms with E-state index in [9.17, 15) is 27.9 Å². The number of ether oxygens (including phenoxy) is 6. The number of carbonyl (C=O) groups is 2. The molecule has 83 heavy (non-hydrogen) atoms. The van der Waals surface area contributed by atoms with Crippen molar-refractivity contribution < 1.29 is 55.7 Å². The zero-order chi connectivity index (χ0) is 58.3. The number of nitrogens with zero attached hydrogens (tertiary/aromatic N) is 5. The van der Waals surface area contributed by atoms with Gasteiger partial charge in [-0.1, -0.05) is 42.0 Å². The van der Waals surface area contributed by atoms with Crippen LogP contribution in [0.1, 0.15) is 119 Å². The summed E-state index contributed by atoms with van der Waals surface area (Å²) in [5.74, 6) is 1.90. The molecule has 0 radical (unpaired) electrons. The Morgan fingerprint density at radius 3 is 1.77 bits per heavy atom. The summed E-state index contributed by atoms with van der Waals surface area (Å²) in [6.07, 6.45) is 11.6. The van der Waals surface area contributed by atoms with Gasteiger partial charge in [0.05, 0.1) is 43.3 Å². The van der Waals surface area contributed by atoms with Crippen LogP contribution in [0.2, 0.25) is 0 Å². The summed E-state index contributed by atoms with van der Waals surface area (Å²) in [6, 6.07) is 29.9. The summed E-state index contributed by atoms with van der Waals surface area (Å²) in [5, 5.41) is 17.1. The van der Waals surface area contributed by atoms with Crippen molar-refractivity contribution in [3.8, 4) is 28.9 Å². The van der Waals surface area contributed by atoms with E-state index >= 15 is 0 Å². The molecule has 0 saturated carbocycles. The average Bonchev–Trinajstić information content (AvgIpc) is 4.01. The molecule has 440 valence electrons. The van der Waals surface area contributed by atoms with E-state index in [4.69, 9.17) is 37.6 Å². The number of nitrogens with one attached hydrogen (secondary N) is 1. The third kappa shape index (κ3) is 16.6. The van der Waals surface area contributed by atoms with Gasteiger partial charge < -0.3 is 33.5 Å². The van der Waals surface area contributed by atoms with Gasteiger partial charge in [0.2, 0.25) is 5.88 Å². The maximum absolute atomic E-state index is 12.1. The van der Waals surface area contributed by atoms with E-state index in [0.29, 0.717) is 87.8 Å². The van der Waals surface area contributed by atoms with E-state index in [2.05, 4.69) is 33.4 Å². The smallest absolute Gasteiger partial charge is 0.306 e. The number of hydrogen-bond donors (Lipinski definition) is 2. The number of rotatable bonds is 20. The van der Waals surface area contributed by atoms with Gasteiger partial charge >= 0.3 is 11.9 Å². The molecular formula is C63H74N6O13S. The Labute approximate surface area is 484 Å². The highest BCUT2D eigenvalue weighted by molar-refractivity contribution is 7.86. The van der Waals surface area contributed by atoms with Gasteiger partial charge in [-0.3, -0.25) is 38.3 Å². The number of aromatic nitrogens is 6. The Morgan fingerprint density at radius 2 is 1.22 bits per heavy atom. The third-order valence-electron chi connectivity index (χ3n) is 14.9. The van der Waals surface area contributed by atoms with Crippen molar-refractivity contribution in [1.29, 1.82) is 0 Å². The average molecular weight is 1160 g/mol. The maximum Gasteiger partial charge on any atom is 0.306 e. The number of aliphatic carboxylic acids is 1. The van der Waals surface area contributed by atoms with Crippen LogP contribution in [-0.2, 0) is 94.1 Å². The molecule has 4 aliphatic rings. The Hall–Kier alpha value is -7.97. The van der Waals surface area contributed by atoms with Gasteiger partial charge in [-0.25, -0.2) is 4.68 Å². The van der Waals surface area contributed by atoms with Crippen LogP contribution in [0.4, 0.5) is 0 Å². The molecule has 2 atom stereocenters. The first kappa shape index (κ1) is 59.6. The van der Waals surface area contributed by atoms with E-state index < -0.39 is 16.1 Å². The first-order valence-electron chi connectivity index (χ1n) is 28.6. The lowest BCUT2D eigenvalue weighted by Crippen LogP contribution is -2.17. The quantitative estimate of drug-likeness (QED) is 0.0536. The molecule has 0 amide bonds. The minimum atomic E-state index is -3.69. The summed E-state index contributed by atoms with van der Waals surface area (Å²) in [7, 11) is -0.190. The van der Waals surface area contributed by atoms with Gasteiger partial charge in [0.15, 0.2) is 23.0 Å². The zero-order valence-corrected chi connectivity index (χ0v) is 48.5. The number of carbonyl (C=O) groups excluding carboxylic acids is 1. The number of H-pyrrole nitrogens is 1. The minimum absolute atomic E-state index is 0.00356. The van der Waals surface area contributed by atoms with Crippen LogP contribution in [0.25, 0.3) is 0 Å². The normalized spacial score (nSPS) is 14.7. The molecule has 2 aliphatic carbocycles. The molecule has 7 aromatic rings. The Bertz CT molecular complexity index is 3520. The number of esters is 1. The molecule has 0 fully saturated rings. The van der Waals surface area contributed by atoms with Crippen LogP contribution >= 0.6 is 0 Å². The highest BCUT2D eigenvalue weighted by atomic mass is 32.2. The fraction of sp³-hybridized carbons (Fsp3) is 0.429. The van der Waals surface area contributed by atoms with Crippen LogP contribution < -0.4 is 29.2 Å². The van der Waals surface area contributed by atoms with Gasteiger partial charge in [0.1, 0.15) is 26.4 Å². The van der Waals surface area contributed by atoms with E-state index in [-0.39, 0.29) is 47.7 Å². The second-order valence-corrected chi connectivity index (χ2v) is 22.8. The van der Waals surface area contributed by atoms with Crippen LogP contribution in [0.5, 0.6) is 28.9 Å². The predicted molar refractivity (Wildman–Crippen MR) is 309 cm³/mol. The molecule has 6 heterocycles. The molecule has 0 bridgehead atoms. The number of carboxylic acid groups (broad SMARTS) is 1. The third-order valence-corrected chi connectivity index (χ3v) is 16.3. The van der Waals surface area contributed by atoms with Crippen LogP contribution in [0, 0.1) is 6.92 Å². The number of benzene rings is 3. The van der Waals surface area contributed by atoms with Crippen molar-refractivity contribution in [2.24, 2.45) is 14.1 Å². The van der Waals surface area contributed by atoms with E-state index in [0.717, 1.165) is 77.3 Å². The number of aromatic amines is 1. The first-order valence-corrected chi connectivity index (χ1v) is 30.1. The molecule has 11 rings (SSSR count). The lowest BCUT2D eigenvalue weighted by atomic mass is 9.91. The van der Waals surface area contributed by atoms with E-state index in [1.807, 2.05) is 62.5 Å². The van der Waals surface area contributed by atoms with E-state index in [1.165, 1.54) is 47.2 Å². The lowest BCUT2D eigenvalue weighted by molar-refractivity contribution is -0.143. The number of fused-ring (bicyclic) bond motifs is 4. The molecule has 0 spiro atoms. The predicted octanol–water partition coefficient (Wildman–Crippen LogP) is 8.87. The summed E-state index contributed by atoms with van der Waals surface area (Å²) < 4.78 is 66.1. The second kappa shape index (κ2) is 28.3. The van der Waals surface area contributed by atoms with Crippen molar-refractivity contribution in [3.63, 3.8) is 0 Å². The van der Waals surface area contributed by atoms with Crippen molar-refractivity contribution >= 4 is 22.1 Å². The standard InChI is InChI=1S/C27H31N3O5.C18H22N2O5.C18H21NO3S/c1-30-26(35-11-10-21-8-6-18-4-2-3-5-23(18)28-21)17-22(29-30)14-20(16-27(31)32)19-7-9-24-25(15-19)34-13-12-33-24;1-3-23-18(22)10-13(8-14-11-17(21)20(2)19-14)12-4-5-15-16(9-12)25-7-6-24-15;1-14-6-10-17(11-7-14)23(20,21)22-13-12-16-9-8-15-4-2-3-5-18(15)19-16/h6-9,15,17,20H,2-5,10-14,16H2,1H3,(H,31,32);4-5,9,11,13,19H,3,6-8,10H2,1-2H3;6-11H,2-5,12-13H2,1H3. The highest BCUT2D eigenvalue weighted by Crippen LogP contribution is 2.37. The monoisotopic (exact) mass is 1150 g/mol. The minimum Gasteiger partial charge on any atom is -0.486 e. The highest BCUT2D eigenvalue weighted by Gasteiger charge is 2.25. The maximum atomic E-state index is 12.1. The van der Waals surface area contributed by atoms with Gasteiger partial charge in [0.25, 0.3) is 15.7 Å². The van der Waals surface area contributed by atoms with Crippen molar-refractivity contribution in [2.45, 2.75) is 120 Å². The van der Waals surface area contributed by atoms with Gasteiger partial charge in [-0.05, 0) is 155 Å². The molecular weight excluding hydrogens is 1080 g/mol. The van der Waals surface area contributed by atoms with Gasteiger partial charge in [0, 0.05) is 73.5 Å². The number of pyridine rings is 2. The Morgan fingerprint density at radius 1 is 0.663 bits per heavy atom. The molecule has 3 aromatic carbocycles. The molecule has 2 unspecified atom stereocenters. The van der Waals surface area contributed by atoms with Gasteiger partial charge in [-0.2, -0.15) is 13.5 Å². The van der Waals surface area contributed by atoms with Crippen LogP contribution in [0.3, 0.4) is 0 Å². The van der Waals surface area contributed by atoms with Crippen LogP contribution in [0.15, 0.2) is 107 Å². The molecule has 19 nitrogen and oxygen atoms in total. The molecule has 4 aromatic heterocycles. The summed E-state index contributed by atoms with van der Waals surface area (Å²) >= 11 is 0. The van der Waals surface area contributed by atoms with Crippen molar-refractivity contribution in [3.05, 3.63) is 169 Å². The number of carboxylic acids is 1. The first-order chi connectivity index (χ1) is 40.2.